The van der Waals surface area contributed by atoms with Gasteiger partial charge in [0, 0.05) is 6.07 Å². The van der Waals surface area contributed by atoms with E-state index >= 15 is 0 Å². The molecule has 7 heteroatoms. The lowest BCUT2D eigenvalue weighted by Crippen LogP contribution is -3.12. The van der Waals surface area contributed by atoms with Crippen molar-refractivity contribution in [1.82, 2.24) is 4.98 Å². The molecule has 0 spiro atoms. The molecule has 4 rings (SSSR count). The molecule has 0 atom stereocenters. The summed E-state index contributed by atoms with van der Waals surface area (Å²) in [7, 11) is 2.20. The maximum atomic E-state index is 13.3. The molecule has 1 saturated heterocycles. The Labute approximate surface area is 154 Å². The molecule has 2 heterocycles. The SMILES string of the molecule is C[NH+]1CCN(c2nc3ccc(OC(=O)c4cccc(F)c4)cc3s2)CC1. The Morgan fingerprint density at radius 3 is 2.81 bits per heavy atom. The van der Waals surface area contributed by atoms with E-state index in [1.165, 1.54) is 29.2 Å². The largest absolute Gasteiger partial charge is 0.423 e. The predicted molar refractivity (Wildman–Crippen MR) is 99.8 cm³/mol. The molecule has 0 radical (unpaired) electrons. The van der Waals surface area contributed by atoms with Gasteiger partial charge in [0.05, 0.1) is 49.0 Å². The number of thiazole rings is 1. The summed E-state index contributed by atoms with van der Waals surface area (Å²) in [5, 5.41) is 1.00. The number of anilines is 1. The molecule has 1 N–H and O–H groups in total. The summed E-state index contributed by atoms with van der Waals surface area (Å²) in [4.78, 5) is 20.7. The van der Waals surface area contributed by atoms with Gasteiger partial charge in [-0.25, -0.2) is 14.2 Å². The van der Waals surface area contributed by atoms with Crippen LogP contribution in [-0.2, 0) is 0 Å². The average Bonchev–Trinajstić information content (AvgIpc) is 3.05. The summed E-state index contributed by atoms with van der Waals surface area (Å²) < 4.78 is 19.6. The van der Waals surface area contributed by atoms with Gasteiger partial charge in [-0.2, -0.15) is 0 Å². The van der Waals surface area contributed by atoms with Gasteiger partial charge >= 0.3 is 5.97 Å². The van der Waals surface area contributed by atoms with Gasteiger partial charge in [-0.05, 0) is 30.3 Å². The minimum atomic E-state index is -0.573. The Balaban J connectivity index is 1.53. The Morgan fingerprint density at radius 2 is 2.04 bits per heavy atom. The van der Waals surface area contributed by atoms with Gasteiger partial charge < -0.3 is 14.5 Å². The van der Waals surface area contributed by atoms with E-state index in [2.05, 4.69) is 11.9 Å². The molecule has 5 nitrogen and oxygen atoms in total. The first kappa shape index (κ1) is 16.9. The van der Waals surface area contributed by atoms with Crippen LogP contribution in [0.15, 0.2) is 42.5 Å². The fourth-order valence-electron chi connectivity index (χ4n) is 2.95. The van der Waals surface area contributed by atoms with Crippen LogP contribution in [-0.4, -0.2) is 44.2 Å². The van der Waals surface area contributed by atoms with Crippen molar-refractivity contribution in [3.05, 3.63) is 53.8 Å². The average molecular weight is 372 g/mol. The maximum Gasteiger partial charge on any atom is 0.343 e. The Hall–Kier alpha value is -2.51. The minimum absolute atomic E-state index is 0.190. The standard InChI is InChI=1S/C19H18FN3O2S/c1-22-7-9-23(10-8-22)19-21-16-6-5-15(12-17(16)26-19)25-18(24)13-3-2-4-14(20)11-13/h2-6,11-12H,7-10H2,1H3/p+1. The van der Waals surface area contributed by atoms with Crippen LogP contribution in [0, 0.1) is 5.82 Å². The number of benzene rings is 2. The van der Waals surface area contributed by atoms with Gasteiger partial charge in [-0.1, -0.05) is 17.4 Å². The fraction of sp³-hybridized carbons (Fsp3) is 0.263. The van der Waals surface area contributed by atoms with Crippen molar-refractivity contribution < 1.29 is 18.8 Å². The number of fused-ring (bicyclic) bond motifs is 1. The first-order valence-electron chi connectivity index (χ1n) is 8.53. The first-order chi connectivity index (χ1) is 12.6. The van der Waals surface area contributed by atoms with Crippen molar-refractivity contribution in [2.75, 3.05) is 38.1 Å². The van der Waals surface area contributed by atoms with Crippen molar-refractivity contribution in [1.29, 1.82) is 0 Å². The van der Waals surface area contributed by atoms with Gasteiger partial charge in [-0.15, -0.1) is 0 Å². The molecule has 0 bridgehead atoms. The molecule has 1 fully saturated rings. The van der Waals surface area contributed by atoms with E-state index in [0.717, 1.165) is 41.5 Å². The second-order valence-electron chi connectivity index (χ2n) is 6.47. The van der Waals surface area contributed by atoms with E-state index < -0.39 is 11.8 Å². The number of ether oxygens (including phenoxy) is 1. The number of halogens is 1. The number of nitrogens with zero attached hydrogens (tertiary/aromatic N) is 2. The van der Waals surface area contributed by atoms with Gasteiger partial charge in [0.2, 0.25) is 0 Å². The predicted octanol–water partition coefficient (Wildman–Crippen LogP) is 1.99. The van der Waals surface area contributed by atoms with Crippen molar-refractivity contribution in [2.24, 2.45) is 0 Å². The maximum absolute atomic E-state index is 13.3. The van der Waals surface area contributed by atoms with Crippen LogP contribution in [0.1, 0.15) is 10.4 Å². The number of rotatable bonds is 3. The Morgan fingerprint density at radius 1 is 1.23 bits per heavy atom. The van der Waals surface area contributed by atoms with E-state index in [-0.39, 0.29) is 5.56 Å². The van der Waals surface area contributed by atoms with Crippen LogP contribution in [0.2, 0.25) is 0 Å². The smallest absolute Gasteiger partial charge is 0.343 e. The fourth-order valence-corrected chi connectivity index (χ4v) is 4.00. The monoisotopic (exact) mass is 372 g/mol. The summed E-state index contributed by atoms with van der Waals surface area (Å²) in [6.45, 7) is 4.19. The summed E-state index contributed by atoms with van der Waals surface area (Å²) >= 11 is 1.60. The van der Waals surface area contributed by atoms with Gasteiger partial charge in [0.15, 0.2) is 5.13 Å². The number of quaternary nitrogens is 1. The number of esters is 1. The Bertz CT molecular complexity index is 951. The molecule has 1 aromatic heterocycles. The molecule has 0 unspecified atom stereocenters. The topological polar surface area (TPSA) is 46.9 Å². The normalized spacial score (nSPS) is 15.4. The molecule has 1 aliphatic heterocycles. The molecular formula is C19H19FN3O2S+. The van der Waals surface area contributed by atoms with Gasteiger partial charge in [0.25, 0.3) is 0 Å². The quantitative estimate of drug-likeness (QED) is 0.564. The summed E-state index contributed by atoms with van der Waals surface area (Å²) in [6.07, 6.45) is 0. The number of piperazine rings is 1. The van der Waals surface area contributed by atoms with E-state index in [9.17, 15) is 9.18 Å². The second kappa shape index (κ2) is 7.01. The summed E-state index contributed by atoms with van der Waals surface area (Å²) in [6, 6.07) is 10.9. The van der Waals surface area contributed by atoms with Crippen molar-refractivity contribution in [3.63, 3.8) is 0 Å². The van der Waals surface area contributed by atoms with Crippen LogP contribution in [0.25, 0.3) is 10.2 Å². The number of nitrogens with one attached hydrogen (secondary N) is 1. The van der Waals surface area contributed by atoms with E-state index in [4.69, 9.17) is 9.72 Å². The minimum Gasteiger partial charge on any atom is -0.423 e. The van der Waals surface area contributed by atoms with Crippen LogP contribution in [0.5, 0.6) is 5.75 Å². The van der Waals surface area contributed by atoms with Crippen LogP contribution in [0.3, 0.4) is 0 Å². The van der Waals surface area contributed by atoms with Crippen molar-refractivity contribution in [3.8, 4) is 5.75 Å². The molecule has 0 aliphatic carbocycles. The molecule has 26 heavy (non-hydrogen) atoms. The zero-order valence-electron chi connectivity index (χ0n) is 14.4. The van der Waals surface area contributed by atoms with Crippen LogP contribution in [0.4, 0.5) is 9.52 Å². The van der Waals surface area contributed by atoms with E-state index in [1.807, 2.05) is 12.1 Å². The van der Waals surface area contributed by atoms with Crippen molar-refractivity contribution >= 4 is 32.7 Å². The third-order valence-corrected chi connectivity index (χ3v) is 5.59. The highest BCUT2D eigenvalue weighted by Crippen LogP contribution is 2.31. The lowest BCUT2D eigenvalue weighted by atomic mass is 10.2. The summed E-state index contributed by atoms with van der Waals surface area (Å²) in [5.74, 6) is -0.601. The van der Waals surface area contributed by atoms with Crippen LogP contribution >= 0.6 is 11.3 Å². The lowest BCUT2D eigenvalue weighted by molar-refractivity contribution is -0.880. The van der Waals surface area contributed by atoms with Gasteiger partial charge in [-0.3, -0.25) is 0 Å². The molecule has 0 amide bonds. The molecule has 0 saturated carbocycles. The zero-order valence-corrected chi connectivity index (χ0v) is 15.2. The molecule has 1 aliphatic rings. The number of aromatic nitrogens is 1. The van der Waals surface area contributed by atoms with Crippen LogP contribution < -0.4 is 14.5 Å². The van der Waals surface area contributed by atoms with E-state index in [1.54, 1.807) is 17.4 Å². The third-order valence-electron chi connectivity index (χ3n) is 4.51. The van der Waals surface area contributed by atoms with E-state index in [0.29, 0.717) is 5.75 Å². The van der Waals surface area contributed by atoms with Crippen molar-refractivity contribution in [2.45, 2.75) is 0 Å². The number of likely N-dealkylation sites (N-methyl/N-ethyl adjacent to an activating group) is 1. The zero-order chi connectivity index (χ0) is 18.1. The number of hydrogen-bond acceptors (Lipinski definition) is 5. The highest BCUT2D eigenvalue weighted by Gasteiger charge is 2.20. The Kier molecular flexibility index (Phi) is 4.57. The lowest BCUT2D eigenvalue weighted by Gasteiger charge is -2.29. The summed E-state index contributed by atoms with van der Waals surface area (Å²) in [5.41, 5.74) is 1.08. The van der Waals surface area contributed by atoms with Gasteiger partial charge in [0.1, 0.15) is 11.6 Å². The number of carbonyl (C=O) groups is 1. The molecule has 3 aromatic rings. The third kappa shape index (κ3) is 3.54. The molecule has 134 valence electrons. The molecule has 2 aromatic carbocycles. The molecular weight excluding hydrogens is 353 g/mol. The first-order valence-corrected chi connectivity index (χ1v) is 9.35. The number of carbonyl (C=O) groups excluding carboxylic acids is 1. The second-order valence-corrected chi connectivity index (χ2v) is 7.48. The highest BCUT2D eigenvalue weighted by atomic mass is 32.1. The highest BCUT2D eigenvalue weighted by molar-refractivity contribution is 7.22. The number of hydrogen-bond donors (Lipinski definition) is 1.